The fraction of sp³-hybridized carbons (Fsp3) is 0.333. The Morgan fingerprint density at radius 2 is 1.78 bits per heavy atom. The van der Waals surface area contributed by atoms with Crippen molar-refractivity contribution in [3.8, 4) is 17.6 Å². The summed E-state index contributed by atoms with van der Waals surface area (Å²) in [5.74, 6) is 0.00719. The zero-order valence-electron chi connectivity index (χ0n) is 18.7. The van der Waals surface area contributed by atoms with Gasteiger partial charge in [0.1, 0.15) is 5.69 Å². The van der Waals surface area contributed by atoms with Gasteiger partial charge in [-0.15, -0.1) is 0 Å². The van der Waals surface area contributed by atoms with Crippen LogP contribution in [0.25, 0.3) is 11.0 Å². The van der Waals surface area contributed by atoms with Gasteiger partial charge in [0.2, 0.25) is 0 Å². The average molecular weight is 434 g/mol. The molecule has 0 saturated carbocycles. The summed E-state index contributed by atoms with van der Waals surface area (Å²) in [6.07, 6.45) is 0.682. The minimum absolute atomic E-state index is 0.183. The second kappa shape index (κ2) is 10.4. The molecule has 1 atom stereocenters. The standard InChI is InChI=1S/C24H26N4O4/c1-5-32-24(29)17(15-25)22-23(27-19-9-7-6-8-18(19)26-22)28(2)13-12-16-10-11-20(30-3)21(14-16)31-4/h6-11,14,17H,5,12-13H2,1-4H3. The summed E-state index contributed by atoms with van der Waals surface area (Å²) in [4.78, 5) is 23.7. The Morgan fingerprint density at radius 1 is 1.09 bits per heavy atom. The third-order valence-corrected chi connectivity index (χ3v) is 5.05. The highest BCUT2D eigenvalue weighted by atomic mass is 16.5. The summed E-state index contributed by atoms with van der Waals surface area (Å²) in [6, 6.07) is 15.2. The molecule has 3 rings (SSSR count). The van der Waals surface area contributed by atoms with E-state index >= 15 is 0 Å². The van der Waals surface area contributed by atoms with E-state index in [1.807, 2.05) is 54.4 Å². The third-order valence-electron chi connectivity index (χ3n) is 5.05. The van der Waals surface area contributed by atoms with E-state index in [1.165, 1.54) is 0 Å². The van der Waals surface area contributed by atoms with E-state index in [0.717, 1.165) is 5.56 Å². The molecule has 0 fully saturated rings. The number of carbonyl (C=O) groups excluding carboxylic acids is 1. The van der Waals surface area contributed by atoms with Crippen molar-refractivity contribution < 1.29 is 19.0 Å². The Kier molecular flexibility index (Phi) is 7.45. The first-order valence-electron chi connectivity index (χ1n) is 10.3. The van der Waals surface area contributed by atoms with E-state index in [4.69, 9.17) is 19.2 Å². The molecular weight excluding hydrogens is 408 g/mol. The smallest absolute Gasteiger partial charge is 0.329 e. The molecular formula is C24H26N4O4. The van der Waals surface area contributed by atoms with Crippen LogP contribution in [0.3, 0.4) is 0 Å². The summed E-state index contributed by atoms with van der Waals surface area (Å²) >= 11 is 0. The third kappa shape index (κ3) is 4.89. The Labute approximate surface area is 187 Å². The lowest BCUT2D eigenvalue weighted by Crippen LogP contribution is -2.26. The lowest BCUT2D eigenvalue weighted by Gasteiger charge is -2.22. The first-order chi connectivity index (χ1) is 15.5. The van der Waals surface area contributed by atoms with Gasteiger partial charge in [-0.2, -0.15) is 5.26 Å². The SMILES string of the molecule is CCOC(=O)C(C#N)c1nc2ccccc2nc1N(C)CCc1ccc(OC)c(OC)c1. The number of para-hydroxylation sites is 2. The van der Waals surface area contributed by atoms with Crippen molar-refractivity contribution in [3.05, 3.63) is 53.7 Å². The number of hydrogen-bond donors (Lipinski definition) is 0. The fourth-order valence-corrected chi connectivity index (χ4v) is 3.37. The molecule has 32 heavy (non-hydrogen) atoms. The highest BCUT2D eigenvalue weighted by Gasteiger charge is 2.29. The van der Waals surface area contributed by atoms with Crippen LogP contribution in [0.4, 0.5) is 5.82 Å². The Bertz CT molecular complexity index is 1140. The number of fused-ring (bicyclic) bond motifs is 1. The van der Waals surface area contributed by atoms with E-state index in [9.17, 15) is 10.1 Å². The van der Waals surface area contributed by atoms with E-state index < -0.39 is 11.9 Å². The molecule has 0 saturated heterocycles. The predicted octanol–water partition coefficient (Wildman–Crippen LogP) is 3.50. The number of esters is 1. The van der Waals surface area contributed by atoms with E-state index in [0.29, 0.717) is 47.0 Å². The van der Waals surface area contributed by atoms with Gasteiger partial charge in [-0.3, -0.25) is 4.79 Å². The first kappa shape index (κ1) is 22.8. The van der Waals surface area contributed by atoms with Crippen LogP contribution < -0.4 is 14.4 Å². The monoisotopic (exact) mass is 434 g/mol. The maximum Gasteiger partial charge on any atom is 0.329 e. The lowest BCUT2D eigenvalue weighted by atomic mass is 10.1. The van der Waals surface area contributed by atoms with Gasteiger partial charge in [0.15, 0.2) is 23.2 Å². The van der Waals surface area contributed by atoms with Crippen LogP contribution in [0.15, 0.2) is 42.5 Å². The Balaban J connectivity index is 1.93. The largest absolute Gasteiger partial charge is 0.493 e. The van der Waals surface area contributed by atoms with E-state index in [1.54, 1.807) is 27.2 Å². The van der Waals surface area contributed by atoms with Crippen LogP contribution in [-0.4, -0.2) is 50.4 Å². The molecule has 166 valence electrons. The van der Waals surface area contributed by atoms with Crippen molar-refractivity contribution in [2.45, 2.75) is 19.3 Å². The summed E-state index contributed by atoms with van der Waals surface area (Å²) in [5.41, 5.74) is 2.64. The normalized spacial score (nSPS) is 11.5. The van der Waals surface area contributed by atoms with Gasteiger partial charge in [0, 0.05) is 13.6 Å². The van der Waals surface area contributed by atoms with Crippen molar-refractivity contribution >= 4 is 22.8 Å². The number of ether oxygens (including phenoxy) is 3. The number of likely N-dealkylation sites (N-methyl/N-ethyl adjacent to an activating group) is 1. The van der Waals surface area contributed by atoms with Crippen LogP contribution in [0, 0.1) is 11.3 Å². The molecule has 0 aliphatic carbocycles. The molecule has 0 bridgehead atoms. The van der Waals surface area contributed by atoms with Gasteiger partial charge < -0.3 is 19.1 Å². The molecule has 8 nitrogen and oxygen atoms in total. The molecule has 1 aromatic heterocycles. The maximum atomic E-state index is 12.4. The molecule has 0 N–H and O–H groups in total. The van der Waals surface area contributed by atoms with Crippen molar-refractivity contribution in [1.82, 2.24) is 9.97 Å². The molecule has 1 heterocycles. The van der Waals surface area contributed by atoms with Crippen molar-refractivity contribution in [2.75, 3.05) is 39.3 Å². The number of aromatic nitrogens is 2. The predicted molar refractivity (Wildman–Crippen MR) is 121 cm³/mol. The van der Waals surface area contributed by atoms with Crippen molar-refractivity contribution in [3.63, 3.8) is 0 Å². The van der Waals surface area contributed by atoms with Crippen LogP contribution in [0.2, 0.25) is 0 Å². The van der Waals surface area contributed by atoms with E-state index in [2.05, 4.69) is 4.98 Å². The number of rotatable bonds is 9. The van der Waals surface area contributed by atoms with E-state index in [-0.39, 0.29) is 6.61 Å². The van der Waals surface area contributed by atoms with Crippen LogP contribution in [0.5, 0.6) is 11.5 Å². The van der Waals surface area contributed by atoms with Crippen LogP contribution in [-0.2, 0) is 16.0 Å². The van der Waals surface area contributed by atoms with Crippen molar-refractivity contribution in [2.24, 2.45) is 0 Å². The summed E-state index contributed by atoms with van der Waals surface area (Å²) in [5, 5.41) is 9.71. The minimum Gasteiger partial charge on any atom is -0.493 e. The second-order valence-electron chi connectivity index (χ2n) is 7.10. The van der Waals surface area contributed by atoms with Gasteiger partial charge >= 0.3 is 5.97 Å². The number of carbonyl (C=O) groups is 1. The van der Waals surface area contributed by atoms with Gasteiger partial charge in [0.25, 0.3) is 0 Å². The molecule has 0 aliphatic rings. The zero-order valence-corrected chi connectivity index (χ0v) is 18.7. The molecule has 0 spiro atoms. The van der Waals surface area contributed by atoms with Crippen LogP contribution >= 0.6 is 0 Å². The number of nitrogens with zero attached hydrogens (tertiary/aromatic N) is 4. The Morgan fingerprint density at radius 3 is 2.41 bits per heavy atom. The maximum absolute atomic E-state index is 12.4. The summed E-state index contributed by atoms with van der Waals surface area (Å²) < 4.78 is 15.8. The van der Waals surface area contributed by atoms with Gasteiger partial charge in [0.05, 0.1) is 37.9 Å². The molecule has 2 aromatic carbocycles. The highest BCUT2D eigenvalue weighted by molar-refractivity contribution is 5.85. The van der Waals surface area contributed by atoms with Gasteiger partial charge in [-0.1, -0.05) is 18.2 Å². The lowest BCUT2D eigenvalue weighted by molar-refractivity contribution is -0.143. The Hall–Kier alpha value is -3.86. The molecule has 8 heteroatoms. The fourth-order valence-electron chi connectivity index (χ4n) is 3.37. The molecule has 1 unspecified atom stereocenters. The molecule has 0 amide bonds. The van der Waals surface area contributed by atoms with Gasteiger partial charge in [-0.05, 0) is 43.2 Å². The number of hydrogen-bond acceptors (Lipinski definition) is 8. The van der Waals surface area contributed by atoms with Gasteiger partial charge in [-0.25, -0.2) is 9.97 Å². The zero-order chi connectivity index (χ0) is 23.1. The summed E-state index contributed by atoms with van der Waals surface area (Å²) in [6.45, 7) is 2.47. The second-order valence-corrected chi connectivity index (χ2v) is 7.10. The molecule has 0 aliphatic heterocycles. The topological polar surface area (TPSA) is 97.6 Å². The van der Waals surface area contributed by atoms with Crippen LogP contribution in [0.1, 0.15) is 24.1 Å². The molecule has 3 aromatic rings. The number of nitriles is 1. The van der Waals surface area contributed by atoms with Crippen molar-refractivity contribution in [1.29, 1.82) is 5.26 Å². The number of methoxy groups -OCH3 is 2. The number of anilines is 1. The number of benzene rings is 2. The average Bonchev–Trinajstić information content (AvgIpc) is 2.82. The first-order valence-corrected chi connectivity index (χ1v) is 10.3. The minimum atomic E-state index is -1.16. The summed E-state index contributed by atoms with van der Waals surface area (Å²) in [7, 11) is 5.06. The quantitative estimate of drug-likeness (QED) is 0.472. The highest BCUT2D eigenvalue weighted by Crippen LogP contribution is 2.29. The molecule has 0 radical (unpaired) electrons.